The summed E-state index contributed by atoms with van der Waals surface area (Å²) < 4.78 is 0. The fourth-order valence-corrected chi connectivity index (χ4v) is 4.93. The third-order valence-corrected chi connectivity index (χ3v) is 6.31. The topological polar surface area (TPSA) is 70.1 Å². The summed E-state index contributed by atoms with van der Waals surface area (Å²) in [6, 6.07) is 13.9. The Balaban J connectivity index is 1.65. The summed E-state index contributed by atoms with van der Waals surface area (Å²) >= 11 is 0. The Labute approximate surface area is 168 Å². The number of imide groups is 1. The molecule has 2 saturated heterocycles. The molecule has 4 atom stereocenters. The second-order valence-electron chi connectivity index (χ2n) is 7.85. The van der Waals surface area contributed by atoms with Gasteiger partial charge in [-0.1, -0.05) is 54.1 Å². The highest BCUT2D eigenvalue weighted by Gasteiger charge is 2.64. The Hall–Kier alpha value is -3.28. The molecule has 5 rings (SSSR count). The number of aryl methyl sites for hydroxylation is 1. The maximum atomic E-state index is 13.5. The third-order valence-electron chi connectivity index (χ3n) is 6.31. The van der Waals surface area contributed by atoms with Gasteiger partial charge in [-0.05, 0) is 25.0 Å². The van der Waals surface area contributed by atoms with E-state index >= 15 is 0 Å². The molecule has 0 radical (unpaired) electrons. The van der Waals surface area contributed by atoms with Crippen LogP contribution in [0.5, 0.6) is 0 Å². The molecule has 0 spiro atoms. The van der Waals surface area contributed by atoms with Crippen molar-refractivity contribution in [2.24, 2.45) is 16.9 Å². The predicted octanol–water partition coefficient (Wildman–Crippen LogP) is 2.57. The van der Waals surface area contributed by atoms with Gasteiger partial charge >= 0.3 is 0 Å². The van der Waals surface area contributed by atoms with Crippen LogP contribution in [0.25, 0.3) is 0 Å². The van der Waals surface area contributed by atoms with Gasteiger partial charge in [-0.25, -0.2) is 0 Å². The average Bonchev–Trinajstić information content (AvgIpc) is 3.21. The number of carbonyl (C=O) groups is 3. The minimum absolute atomic E-state index is 0.168. The molecule has 3 aliphatic heterocycles. The molecule has 0 saturated carbocycles. The maximum absolute atomic E-state index is 13.5. The minimum Gasteiger partial charge on any atom is -0.292 e. The Bertz CT molecular complexity index is 1060. The molecular formula is C23H21N3O3. The number of ketones is 1. The number of rotatable bonds is 3. The predicted molar refractivity (Wildman–Crippen MR) is 107 cm³/mol. The molecule has 0 N–H and O–H groups in total. The molecule has 6 heteroatoms. The van der Waals surface area contributed by atoms with Crippen molar-refractivity contribution in [1.29, 1.82) is 0 Å². The first-order chi connectivity index (χ1) is 14.0. The van der Waals surface area contributed by atoms with Crippen LogP contribution in [0, 0.1) is 18.8 Å². The van der Waals surface area contributed by atoms with Crippen LogP contribution in [0.15, 0.2) is 53.6 Å². The second kappa shape index (κ2) is 6.37. The summed E-state index contributed by atoms with van der Waals surface area (Å²) in [6.07, 6.45) is 1.72. The second-order valence-corrected chi connectivity index (χ2v) is 7.85. The van der Waals surface area contributed by atoms with Gasteiger partial charge in [0.1, 0.15) is 6.04 Å². The van der Waals surface area contributed by atoms with Crippen molar-refractivity contribution >= 4 is 23.8 Å². The van der Waals surface area contributed by atoms with E-state index in [0.717, 1.165) is 16.7 Å². The zero-order chi connectivity index (χ0) is 20.3. The quantitative estimate of drug-likeness (QED) is 0.600. The van der Waals surface area contributed by atoms with Crippen molar-refractivity contribution in [3.05, 3.63) is 70.8 Å². The first-order valence-corrected chi connectivity index (χ1v) is 9.90. The molecule has 2 amide bonds. The van der Waals surface area contributed by atoms with Crippen molar-refractivity contribution in [2.45, 2.75) is 25.9 Å². The van der Waals surface area contributed by atoms with Crippen molar-refractivity contribution in [2.75, 3.05) is 6.54 Å². The summed E-state index contributed by atoms with van der Waals surface area (Å²) in [4.78, 5) is 41.1. The van der Waals surface area contributed by atoms with Gasteiger partial charge in [0.15, 0.2) is 5.78 Å². The zero-order valence-corrected chi connectivity index (χ0v) is 16.3. The largest absolute Gasteiger partial charge is 0.292 e. The monoisotopic (exact) mass is 387 g/mol. The molecule has 4 unspecified atom stereocenters. The van der Waals surface area contributed by atoms with Gasteiger partial charge in [0.05, 0.1) is 24.1 Å². The number of fused-ring (bicyclic) bond motifs is 5. The minimum atomic E-state index is -0.787. The third kappa shape index (κ3) is 2.41. The fraction of sp³-hybridized carbons (Fsp3) is 0.304. The normalized spacial score (nSPS) is 27.1. The highest BCUT2D eigenvalue weighted by molar-refractivity contribution is 6.12. The average molecular weight is 387 g/mol. The maximum Gasteiger partial charge on any atom is 0.235 e. The fourth-order valence-electron chi connectivity index (χ4n) is 4.93. The number of hydrazone groups is 1. The Morgan fingerprint density at radius 1 is 1.00 bits per heavy atom. The lowest BCUT2D eigenvalue weighted by molar-refractivity contribution is -0.141. The Kier molecular flexibility index (Phi) is 3.91. The number of carbonyl (C=O) groups excluding carboxylic acids is 3. The zero-order valence-electron chi connectivity index (χ0n) is 16.3. The molecule has 3 aliphatic rings. The number of Topliss-reactive ketones (excluding diaryl/α,β-unsaturated/α-hetero) is 1. The van der Waals surface area contributed by atoms with E-state index in [9.17, 15) is 14.4 Å². The molecular weight excluding hydrogens is 366 g/mol. The van der Waals surface area contributed by atoms with Crippen molar-refractivity contribution in [3.8, 4) is 0 Å². The van der Waals surface area contributed by atoms with Crippen molar-refractivity contribution in [1.82, 2.24) is 9.91 Å². The number of hydrogen-bond donors (Lipinski definition) is 0. The van der Waals surface area contributed by atoms with Crippen LogP contribution in [-0.4, -0.2) is 46.3 Å². The van der Waals surface area contributed by atoms with Crippen LogP contribution in [0.1, 0.15) is 40.0 Å². The molecule has 3 heterocycles. The molecule has 0 bridgehead atoms. The van der Waals surface area contributed by atoms with E-state index < -0.39 is 23.9 Å². The van der Waals surface area contributed by atoms with Gasteiger partial charge in [-0.2, -0.15) is 5.10 Å². The molecule has 0 aromatic heterocycles. The lowest BCUT2D eigenvalue weighted by atomic mass is 9.83. The molecule has 2 fully saturated rings. The highest BCUT2D eigenvalue weighted by Crippen LogP contribution is 2.52. The van der Waals surface area contributed by atoms with E-state index in [1.165, 1.54) is 4.90 Å². The van der Waals surface area contributed by atoms with Crippen molar-refractivity contribution < 1.29 is 14.4 Å². The molecule has 6 nitrogen and oxygen atoms in total. The summed E-state index contributed by atoms with van der Waals surface area (Å²) in [5, 5.41) is 6.24. The Morgan fingerprint density at radius 2 is 1.69 bits per heavy atom. The van der Waals surface area contributed by atoms with Gasteiger partial charge in [0.2, 0.25) is 11.8 Å². The smallest absolute Gasteiger partial charge is 0.235 e. The molecule has 2 aromatic rings. The van der Waals surface area contributed by atoms with E-state index in [2.05, 4.69) is 5.10 Å². The lowest BCUT2D eigenvalue weighted by Crippen LogP contribution is -2.44. The summed E-state index contributed by atoms with van der Waals surface area (Å²) in [5.74, 6) is -1.96. The lowest BCUT2D eigenvalue weighted by Gasteiger charge is -2.33. The number of likely N-dealkylation sites (tertiary alicyclic amines) is 1. The van der Waals surface area contributed by atoms with Crippen LogP contribution >= 0.6 is 0 Å². The molecule has 29 heavy (non-hydrogen) atoms. The summed E-state index contributed by atoms with van der Waals surface area (Å²) in [5.41, 5.74) is 3.45. The van der Waals surface area contributed by atoms with E-state index in [-0.39, 0.29) is 17.6 Å². The first kappa shape index (κ1) is 17.8. The van der Waals surface area contributed by atoms with E-state index in [1.54, 1.807) is 30.3 Å². The van der Waals surface area contributed by atoms with Crippen LogP contribution in [-0.2, 0) is 9.59 Å². The van der Waals surface area contributed by atoms with Crippen LogP contribution in [0.4, 0.5) is 0 Å². The van der Waals surface area contributed by atoms with Gasteiger partial charge in [-0.3, -0.25) is 24.3 Å². The van der Waals surface area contributed by atoms with Gasteiger partial charge in [0, 0.05) is 12.1 Å². The summed E-state index contributed by atoms with van der Waals surface area (Å²) in [7, 11) is 0. The van der Waals surface area contributed by atoms with Gasteiger partial charge in [0.25, 0.3) is 0 Å². The first-order valence-electron chi connectivity index (χ1n) is 9.90. The molecule has 2 aromatic carbocycles. The SMILES string of the molecule is CCN1C(=O)C2C(C1=O)C1c3ccccc3C=NN1C2C(=O)c1ccc(C)cc1. The van der Waals surface area contributed by atoms with E-state index in [1.807, 2.05) is 43.3 Å². The Morgan fingerprint density at radius 3 is 2.41 bits per heavy atom. The van der Waals surface area contributed by atoms with Crippen molar-refractivity contribution in [3.63, 3.8) is 0 Å². The summed E-state index contributed by atoms with van der Waals surface area (Å²) in [6.45, 7) is 4.06. The van der Waals surface area contributed by atoms with Gasteiger partial charge in [-0.15, -0.1) is 0 Å². The molecule has 0 aliphatic carbocycles. The van der Waals surface area contributed by atoms with E-state index in [4.69, 9.17) is 0 Å². The number of benzene rings is 2. The standard InChI is InChI=1S/C23H21N3O3/c1-3-25-22(28)17-18(23(25)29)20(21(27)14-10-8-13(2)9-11-14)26-19(17)16-7-5-4-6-15(16)12-24-26/h4-12,17-20H,3H2,1-2H3. The van der Waals surface area contributed by atoms with E-state index in [0.29, 0.717) is 12.1 Å². The molecule has 146 valence electrons. The van der Waals surface area contributed by atoms with Crippen LogP contribution < -0.4 is 0 Å². The number of nitrogens with zero attached hydrogens (tertiary/aromatic N) is 3. The number of hydrogen-bond acceptors (Lipinski definition) is 5. The van der Waals surface area contributed by atoms with Crippen LogP contribution in [0.2, 0.25) is 0 Å². The van der Waals surface area contributed by atoms with Gasteiger partial charge < -0.3 is 0 Å². The number of amides is 2. The van der Waals surface area contributed by atoms with Crippen LogP contribution in [0.3, 0.4) is 0 Å². The highest BCUT2D eigenvalue weighted by atomic mass is 16.2.